The molecule has 0 unspecified atom stereocenters. The molecule has 1 amide bonds. The van der Waals surface area contributed by atoms with Crippen molar-refractivity contribution in [3.8, 4) is 22.9 Å². The number of carbonyl (C=O) groups is 3. The molecule has 0 atom stereocenters. The molecule has 3 N–H and O–H groups in total. The van der Waals surface area contributed by atoms with E-state index in [2.05, 4.69) is 15.7 Å². The first kappa shape index (κ1) is 27.1. The van der Waals surface area contributed by atoms with E-state index >= 15 is 0 Å². The number of anilines is 3. The average Bonchev–Trinajstić information content (AvgIpc) is 3.36. The molecule has 0 saturated heterocycles. The van der Waals surface area contributed by atoms with Crippen LogP contribution in [-0.2, 0) is 9.59 Å². The van der Waals surface area contributed by atoms with Crippen molar-refractivity contribution in [2.24, 2.45) is 0 Å². The molecule has 5 aromatic rings. The van der Waals surface area contributed by atoms with Crippen molar-refractivity contribution in [3.05, 3.63) is 60.8 Å². The fourth-order valence-corrected chi connectivity index (χ4v) is 4.34. The highest BCUT2D eigenvalue weighted by molar-refractivity contribution is 5.97. The van der Waals surface area contributed by atoms with E-state index in [-0.39, 0.29) is 11.7 Å². The molecule has 208 valence electrons. The van der Waals surface area contributed by atoms with Gasteiger partial charge in [0.25, 0.3) is 0 Å². The summed E-state index contributed by atoms with van der Waals surface area (Å²) in [4.78, 5) is 44.9. The van der Waals surface area contributed by atoms with Crippen LogP contribution in [0.2, 0.25) is 0 Å². The smallest absolute Gasteiger partial charge is 0.432 e. The summed E-state index contributed by atoms with van der Waals surface area (Å²) in [6.07, 6.45) is 1.41. The average molecular weight is 555 g/mol. The Morgan fingerprint density at radius 2 is 1.83 bits per heavy atom. The molecule has 41 heavy (non-hydrogen) atoms. The van der Waals surface area contributed by atoms with E-state index < -0.39 is 12.1 Å². The molecular formula is C29H26N6O6. The zero-order valence-corrected chi connectivity index (χ0v) is 22.5. The molecule has 5 rings (SSSR count). The summed E-state index contributed by atoms with van der Waals surface area (Å²) in [6.45, 7) is 3.23. The van der Waals surface area contributed by atoms with Crippen molar-refractivity contribution in [1.29, 1.82) is 0 Å². The largest absolute Gasteiger partial charge is 0.493 e. The number of carboxylic acid groups (broad SMARTS) is 1. The van der Waals surface area contributed by atoms with Crippen LogP contribution in [0.4, 0.5) is 22.0 Å². The second-order valence-electron chi connectivity index (χ2n) is 9.13. The normalized spacial score (nSPS) is 10.9. The fourth-order valence-electron chi connectivity index (χ4n) is 4.34. The molecule has 3 aromatic carbocycles. The minimum Gasteiger partial charge on any atom is -0.493 e. The van der Waals surface area contributed by atoms with Crippen LogP contribution in [0.5, 0.6) is 11.5 Å². The van der Waals surface area contributed by atoms with Crippen LogP contribution in [0.1, 0.15) is 26.7 Å². The van der Waals surface area contributed by atoms with E-state index in [1.165, 1.54) is 20.2 Å². The number of ether oxygens (including phenoxy) is 2. The number of hydrogen-bond donors (Lipinski definition) is 3. The first-order chi connectivity index (χ1) is 19.7. The Morgan fingerprint density at radius 1 is 1.00 bits per heavy atom. The molecule has 2 aromatic heterocycles. The molecular weight excluding hydrogens is 528 g/mol. The van der Waals surface area contributed by atoms with Crippen LogP contribution in [0, 0.1) is 0 Å². The summed E-state index contributed by atoms with van der Waals surface area (Å²) in [6, 6.07) is 15.6. The predicted octanol–water partition coefficient (Wildman–Crippen LogP) is 5.59. The van der Waals surface area contributed by atoms with E-state index in [1.54, 1.807) is 48.5 Å². The zero-order chi connectivity index (χ0) is 29.1. The number of benzene rings is 3. The summed E-state index contributed by atoms with van der Waals surface area (Å²) < 4.78 is 11.7. The van der Waals surface area contributed by atoms with Crippen LogP contribution in [-0.4, -0.2) is 49.9 Å². The fraction of sp³-hybridized carbons (Fsp3) is 0.172. The molecule has 0 fully saturated rings. The zero-order valence-electron chi connectivity index (χ0n) is 22.5. The number of carbonyl (C=O) groups excluding carboxylic acids is 2. The Labute approximate surface area is 233 Å². The number of hydrogen-bond acceptors (Lipinski definition) is 9. The lowest BCUT2D eigenvalue weighted by molar-refractivity contribution is -0.132. The summed E-state index contributed by atoms with van der Waals surface area (Å²) in [5, 5.41) is 20.6. The number of rotatable bonds is 8. The number of methoxy groups -OCH3 is 1. The highest BCUT2D eigenvalue weighted by Crippen LogP contribution is 2.37. The van der Waals surface area contributed by atoms with E-state index in [0.29, 0.717) is 62.6 Å². The van der Waals surface area contributed by atoms with Crippen molar-refractivity contribution in [2.75, 3.05) is 17.7 Å². The van der Waals surface area contributed by atoms with Gasteiger partial charge in [0.15, 0.2) is 17.3 Å². The maximum atomic E-state index is 12.2. The van der Waals surface area contributed by atoms with E-state index in [9.17, 15) is 19.5 Å². The van der Waals surface area contributed by atoms with Crippen LogP contribution < -0.4 is 20.1 Å². The molecule has 12 heteroatoms. The monoisotopic (exact) mass is 554 g/mol. The van der Waals surface area contributed by atoms with Crippen LogP contribution in [0.25, 0.3) is 33.2 Å². The third-order valence-electron chi connectivity index (χ3n) is 6.13. The molecule has 0 aliphatic heterocycles. The minimum absolute atomic E-state index is 0.0872. The second kappa shape index (κ2) is 11.3. The van der Waals surface area contributed by atoms with E-state index in [4.69, 9.17) is 19.4 Å². The molecule has 0 bridgehead atoms. The lowest BCUT2D eigenvalue weighted by atomic mass is 10.1. The van der Waals surface area contributed by atoms with Gasteiger partial charge >= 0.3 is 12.1 Å². The highest BCUT2D eigenvalue weighted by atomic mass is 16.6. The lowest BCUT2D eigenvalue weighted by Gasteiger charge is -2.15. The minimum atomic E-state index is -1.19. The van der Waals surface area contributed by atoms with E-state index in [0.717, 1.165) is 11.1 Å². The summed E-state index contributed by atoms with van der Waals surface area (Å²) in [5.41, 5.74) is 2.82. The first-order valence-electron chi connectivity index (χ1n) is 12.7. The number of nitrogens with zero attached hydrogens (tertiary/aromatic N) is 4. The van der Waals surface area contributed by atoms with Gasteiger partial charge in [-0.1, -0.05) is 19.1 Å². The number of fused-ring (bicyclic) bond motifs is 2. The third kappa shape index (κ3) is 5.76. The molecule has 0 aliphatic rings. The molecule has 0 aliphatic carbocycles. The van der Waals surface area contributed by atoms with Crippen molar-refractivity contribution < 1.29 is 29.0 Å². The highest BCUT2D eigenvalue weighted by Gasteiger charge is 2.17. The predicted molar refractivity (Wildman–Crippen MR) is 153 cm³/mol. The van der Waals surface area contributed by atoms with Gasteiger partial charge in [-0.05, 0) is 42.8 Å². The Kier molecular flexibility index (Phi) is 7.46. The Balaban J connectivity index is 1.63. The van der Waals surface area contributed by atoms with Gasteiger partial charge in [0.1, 0.15) is 5.82 Å². The van der Waals surface area contributed by atoms with Crippen molar-refractivity contribution in [2.45, 2.75) is 26.7 Å². The van der Waals surface area contributed by atoms with E-state index in [1.807, 2.05) is 13.0 Å². The number of esters is 1. The molecule has 0 spiro atoms. The standard InChI is InChI=1S/C29H26N6O6/c1-4-6-26(37)31-19-8-5-7-17(11-19)27-33-22-14-24(40-3)25(41-16(2)36)13-21(22)28(34-27)32-20-9-10-23-18(12-20)15-30-35(23)29(38)39/h5,7-15H,4,6H2,1-3H3,(H,31,37)(H,38,39)(H,32,33,34). The summed E-state index contributed by atoms with van der Waals surface area (Å²) in [7, 11) is 1.46. The van der Waals surface area contributed by atoms with Crippen molar-refractivity contribution in [3.63, 3.8) is 0 Å². The SMILES string of the molecule is CCCC(=O)Nc1cccc(-c2nc(Nc3ccc4c(cnn4C(=O)O)c3)c3cc(OC(C)=O)c(OC)cc3n2)c1. The van der Waals surface area contributed by atoms with Gasteiger partial charge in [0.2, 0.25) is 5.91 Å². The number of aromatic nitrogens is 4. The van der Waals surface area contributed by atoms with Gasteiger partial charge in [-0.3, -0.25) is 9.59 Å². The number of nitrogens with one attached hydrogen (secondary N) is 2. The van der Waals surface area contributed by atoms with Crippen molar-refractivity contribution >= 4 is 57.0 Å². The van der Waals surface area contributed by atoms with Gasteiger partial charge in [-0.2, -0.15) is 9.78 Å². The van der Waals surface area contributed by atoms with Gasteiger partial charge in [0.05, 0.1) is 24.3 Å². The van der Waals surface area contributed by atoms with Gasteiger partial charge in [-0.25, -0.2) is 14.8 Å². The Morgan fingerprint density at radius 3 is 2.56 bits per heavy atom. The van der Waals surface area contributed by atoms with Crippen LogP contribution >= 0.6 is 0 Å². The van der Waals surface area contributed by atoms with Crippen molar-refractivity contribution in [1.82, 2.24) is 19.7 Å². The summed E-state index contributed by atoms with van der Waals surface area (Å²) >= 11 is 0. The summed E-state index contributed by atoms with van der Waals surface area (Å²) in [5.74, 6) is 0.672. The molecule has 2 heterocycles. The van der Waals surface area contributed by atoms with Gasteiger partial charge < -0.3 is 25.2 Å². The molecule has 0 radical (unpaired) electrons. The van der Waals surface area contributed by atoms with Gasteiger partial charge in [-0.15, -0.1) is 0 Å². The lowest BCUT2D eigenvalue weighted by Crippen LogP contribution is -2.10. The van der Waals surface area contributed by atoms with Crippen LogP contribution in [0.3, 0.4) is 0 Å². The van der Waals surface area contributed by atoms with Gasteiger partial charge in [0, 0.05) is 47.1 Å². The molecule has 0 saturated carbocycles. The Hall–Kier alpha value is -5.52. The maximum Gasteiger partial charge on any atom is 0.432 e. The topological polar surface area (TPSA) is 158 Å². The first-order valence-corrected chi connectivity index (χ1v) is 12.7. The third-order valence-corrected chi connectivity index (χ3v) is 6.13. The Bertz CT molecular complexity index is 1820. The quantitative estimate of drug-likeness (QED) is 0.163. The second-order valence-corrected chi connectivity index (χ2v) is 9.13. The van der Waals surface area contributed by atoms with Crippen LogP contribution in [0.15, 0.2) is 60.8 Å². The number of amides is 1. The maximum absolute atomic E-state index is 12.2. The molecule has 12 nitrogen and oxygen atoms in total.